The molecule has 0 fully saturated rings. The molecule has 0 spiro atoms. The highest BCUT2D eigenvalue weighted by Gasteiger charge is 2.13. The summed E-state index contributed by atoms with van der Waals surface area (Å²) in [5.74, 6) is 1.10. The van der Waals surface area contributed by atoms with Crippen LogP contribution in [0.15, 0.2) is 18.2 Å². The van der Waals surface area contributed by atoms with Crippen LogP contribution < -0.4 is 20.1 Å². The Bertz CT molecular complexity index is 497. The first kappa shape index (κ1) is 15.8. The maximum atomic E-state index is 10.7. The lowest BCUT2D eigenvalue weighted by atomic mass is 10.1. The van der Waals surface area contributed by atoms with Gasteiger partial charge in [-0.15, -0.1) is 0 Å². The summed E-state index contributed by atoms with van der Waals surface area (Å²) in [5.41, 5.74) is 0.785. The lowest BCUT2D eigenvalue weighted by Gasteiger charge is -2.14. The van der Waals surface area contributed by atoms with Crippen LogP contribution in [0.2, 0.25) is 0 Å². The quantitative estimate of drug-likeness (QED) is 0.726. The molecular weight excluding hydrogens is 258 g/mol. The number of rotatable bonds is 7. The van der Waals surface area contributed by atoms with Gasteiger partial charge in [0.15, 0.2) is 11.5 Å². The maximum absolute atomic E-state index is 10.7. The summed E-state index contributed by atoms with van der Waals surface area (Å²) in [6, 6.07) is 7.03. The van der Waals surface area contributed by atoms with Crippen LogP contribution in [0, 0.1) is 11.3 Å². The fourth-order valence-corrected chi connectivity index (χ4v) is 1.73. The van der Waals surface area contributed by atoms with Crippen LogP contribution in [-0.4, -0.2) is 33.2 Å². The summed E-state index contributed by atoms with van der Waals surface area (Å²) in [6.07, 6.45) is 0. The van der Waals surface area contributed by atoms with Crippen molar-refractivity contribution in [3.63, 3.8) is 0 Å². The number of carbonyl (C=O) groups excluding carboxylic acids is 1. The SMILES string of the molecule is COc1ccc(C(C#N)NCCNC(C)=O)cc1OC. The number of benzene rings is 1. The van der Waals surface area contributed by atoms with Crippen LogP contribution in [0.3, 0.4) is 0 Å². The summed E-state index contributed by atoms with van der Waals surface area (Å²) in [5, 5.41) is 14.9. The Morgan fingerprint density at radius 3 is 2.55 bits per heavy atom. The van der Waals surface area contributed by atoms with Gasteiger partial charge in [0.1, 0.15) is 6.04 Å². The summed E-state index contributed by atoms with van der Waals surface area (Å²) in [7, 11) is 3.11. The van der Waals surface area contributed by atoms with Gasteiger partial charge < -0.3 is 14.8 Å². The Labute approximate surface area is 118 Å². The van der Waals surface area contributed by atoms with Gasteiger partial charge in [-0.2, -0.15) is 5.26 Å². The van der Waals surface area contributed by atoms with Crippen LogP contribution in [0.1, 0.15) is 18.5 Å². The van der Waals surface area contributed by atoms with Crippen molar-refractivity contribution in [1.29, 1.82) is 5.26 Å². The Hall–Kier alpha value is -2.26. The Morgan fingerprint density at radius 2 is 2.00 bits per heavy atom. The number of nitrogens with one attached hydrogen (secondary N) is 2. The van der Waals surface area contributed by atoms with E-state index < -0.39 is 6.04 Å². The van der Waals surface area contributed by atoms with E-state index in [9.17, 15) is 10.1 Å². The zero-order chi connectivity index (χ0) is 15.0. The minimum absolute atomic E-state index is 0.0913. The maximum Gasteiger partial charge on any atom is 0.216 e. The second-order valence-corrected chi connectivity index (χ2v) is 4.11. The number of methoxy groups -OCH3 is 2. The lowest BCUT2D eigenvalue weighted by molar-refractivity contribution is -0.118. The normalized spacial score (nSPS) is 11.3. The van der Waals surface area contributed by atoms with E-state index in [0.29, 0.717) is 24.6 Å². The first-order valence-electron chi connectivity index (χ1n) is 6.21. The smallest absolute Gasteiger partial charge is 0.216 e. The van der Waals surface area contributed by atoms with E-state index in [4.69, 9.17) is 9.47 Å². The van der Waals surface area contributed by atoms with Crippen molar-refractivity contribution in [1.82, 2.24) is 10.6 Å². The Morgan fingerprint density at radius 1 is 1.30 bits per heavy atom. The topological polar surface area (TPSA) is 83.4 Å². The zero-order valence-electron chi connectivity index (χ0n) is 11.9. The second-order valence-electron chi connectivity index (χ2n) is 4.11. The molecule has 0 aliphatic rings. The van der Waals surface area contributed by atoms with Gasteiger partial charge in [-0.25, -0.2) is 0 Å². The third kappa shape index (κ3) is 4.44. The second kappa shape index (κ2) is 8.02. The molecular formula is C14H19N3O3. The molecule has 0 aromatic heterocycles. The van der Waals surface area contributed by atoms with Crippen LogP contribution in [0.4, 0.5) is 0 Å². The van der Waals surface area contributed by atoms with Gasteiger partial charge in [-0.05, 0) is 17.7 Å². The van der Waals surface area contributed by atoms with Gasteiger partial charge in [0.2, 0.25) is 5.91 Å². The fourth-order valence-electron chi connectivity index (χ4n) is 1.73. The van der Waals surface area contributed by atoms with E-state index in [-0.39, 0.29) is 5.91 Å². The first-order valence-corrected chi connectivity index (χ1v) is 6.21. The molecule has 1 aromatic carbocycles. The highest BCUT2D eigenvalue weighted by Crippen LogP contribution is 2.29. The van der Waals surface area contributed by atoms with Crippen molar-refractivity contribution < 1.29 is 14.3 Å². The predicted octanol–water partition coefficient (Wildman–Crippen LogP) is 0.994. The van der Waals surface area contributed by atoms with Crippen LogP contribution in [0.25, 0.3) is 0 Å². The monoisotopic (exact) mass is 277 g/mol. The first-order chi connectivity index (χ1) is 9.62. The molecule has 2 N–H and O–H groups in total. The van der Waals surface area contributed by atoms with E-state index >= 15 is 0 Å². The summed E-state index contributed by atoms with van der Waals surface area (Å²) in [6.45, 7) is 2.43. The number of carbonyl (C=O) groups is 1. The molecule has 1 rings (SSSR count). The highest BCUT2D eigenvalue weighted by molar-refractivity contribution is 5.72. The van der Waals surface area contributed by atoms with Crippen molar-refractivity contribution in [3.8, 4) is 17.6 Å². The summed E-state index contributed by atoms with van der Waals surface area (Å²) >= 11 is 0. The minimum Gasteiger partial charge on any atom is -0.493 e. The van der Waals surface area contributed by atoms with E-state index in [2.05, 4.69) is 16.7 Å². The van der Waals surface area contributed by atoms with Gasteiger partial charge in [-0.1, -0.05) is 6.07 Å². The minimum atomic E-state index is -0.469. The predicted molar refractivity (Wildman–Crippen MR) is 74.6 cm³/mol. The molecule has 0 aliphatic heterocycles. The molecule has 0 saturated carbocycles. The molecule has 1 unspecified atom stereocenters. The molecule has 6 nitrogen and oxygen atoms in total. The van der Waals surface area contributed by atoms with E-state index in [1.807, 2.05) is 0 Å². The molecule has 108 valence electrons. The molecule has 20 heavy (non-hydrogen) atoms. The van der Waals surface area contributed by atoms with Gasteiger partial charge in [0.25, 0.3) is 0 Å². The van der Waals surface area contributed by atoms with E-state index in [0.717, 1.165) is 5.56 Å². The molecule has 0 aliphatic carbocycles. The number of nitrogens with zero attached hydrogens (tertiary/aromatic N) is 1. The van der Waals surface area contributed by atoms with Gasteiger partial charge in [0.05, 0.1) is 20.3 Å². The van der Waals surface area contributed by atoms with E-state index in [1.54, 1.807) is 32.4 Å². The summed E-state index contributed by atoms with van der Waals surface area (Å²) < 4.78 is 10.4. The third-order valence-corrected chi connectivity index (χ3v) is 2.72. The standard InChI is InChI=1S/C14H19N3O3/c1-10(18)16-6-7-17-12(9-15)11-4-5-13(19-2)14(8-11)20-3/h4-5,8,12,17H,6-7H2,1-3H3,(H,16,18). The number of hydrogen-bond donors (Lipinski definition) is 2. The van der Waals surface area contributed by atoms with Crippen molar-refractivity contribution in [2.45, 2.75) is 13.0 Å². The number of nitriles is 1. The third-order valence-electron chi connectivity index (χ3n) is 2.72. The van der Waals surface area contributed by atoms with Gasteiger partial charge >= 0.3 is 0 Å². The molecule has 0 radical (unpaired) electrons. The van der Waals surface area contributed by atoms with Crippen molar-refractivity contribution >= 4 is 5.91 Å². The summed E-state index contributed by atoms with van der Waals surface area (Å²) in [4.78, 5) is 10.7. The van der Waals surface area contributed by atoms with Gasteiger partial charge in [-0.3, -0.25) is 10.1 Å². The highest BCUT2D eigenvalue weighted by atomic mass is 16.5. The molecule has 1 amide bonds. The molecule has 0 bridgehead atoms. The van der Waals surface area contributed by atoms with Crippen LogP contribution >= 0.6 is 0 Å². The molecule has 0 saturated heterocycles. The van der Waals surface area contributed by atoms with Crippen LogP contribution in [-0.2, 0) is 4.79 Å². The number of hydrogen-bond acceptors (Lipinski definition) is 5. The molecule has 0 heterocycles. The Kier molecular flexibility index (Phi) is 6.33. The largest absolute Gasteiger partial charge is 0.493 e. The Balaban J connectivity index is 2.70. The molecule has 1 atom stereocenters. The average Bonchev–Trinajstić information content (AvgIpc) is 2.46. The van der Waals surface area contributed by atoms with Crippen LogP contribution in [0.5, 0.6) is 11.5 Å². The number of amides is 1. The molecule has 6 heteroatoms. The van der Waals surface area contributed by atoms with Crippen molar-refractivity contribution in [3.05, 3.63) is 23.8 Å². The zero-order valence-corrected chi connectivity index (χ0v) is 11.9. The van der Waals surface area contributed by atoms with Crippen molar-refractivity contribution in [2.24, 2.45) is 0 Å². The van der Waals surface area contributed by atoms with Crippen molar-refractivity contribution in [2.75, 3.05) is 27.3 Å². The number of ether oxygens (including phenoxy) is 2. The van der Waals surface area contributed by atoms with E-state index in [1.165, 1.54) is 6.92 Å². The average molecular weight is 277 g/mol. The fraction of sp³-hybridized carbons (Fsp3) is 0.429. The molecule has 1 aromatic rings. The lowest BCUT2D eigenvalue weighted by Crippen LogP contribution is -2.32. The van der Waals surface area contributed by atoms with Gasteiger partial charge in [0, 0.05) is 20.0 Å².